The second kappa shape index (κ2) is 6.27. The fourth-order valence-corrected chi connectivity index (χ4v) is 4.51. The molecule has 1 spiro atoms. The maximum atomic E-state index is 14.0. The summed E-state index contributed by atoms with van der Waals surface area (Å²) < 4.78 is 19.2. The number of carbonyl (C=O) groups excluding carboxylic acids is 1. The Hall–Kier alpha value is -2.99. The molecule has 1 aromatic heterocycles. The Balaban J connectivity index is 1.60. The molecule has 28 heavy (non-hydrogen) atoms. The summed E-state index contributed by atoms with van der Waals surface area (Å²) >= 11 is 0. The number of methoxy groups -OCH3 is 1. The van der Waals surface area contributed by atoms with E-state index in [0.29, 0.717) is 26.1 Å². The molecule has 3 aromatic rings. The van der Waals surface area contributed by atoms with E-state index in [2.05, 4.69) is 15.2 Å². The Morgan fingerprint density at radius 3 is 2.96 bits per heavy atom. The SMILES string of the molecule is COCc1cc(N2CCC3(C2)C(=O)Nc2ccccc23)c2cc(F)ccc2n1. The smallest absolute Gasteiger partial charge is 0.236 e. The van der Waals surface area contributed by atoms with E-state index in [-0.39, 0.29) is 11.7 Å². The molecule has 1 N–H and O–H groups in total. The topological polar surface area (TPSA) is 54.5 Å². The molecule has 1 amide bonds. The number of amides is 1. The van der Waals surface area contributed by atoms with Gasteiger partial charge >= 0.3 is 0 Å². The van der Waals surface area contributed by atoms with Gasteiger partial charge in [-0.3, -0.25) is 9.78 Å². The number of fused-ring (bicyclic) bond motifs is 3. The first-order chi connectivity index (χ1) is 13.6. The molecule has 5 nitrogen and oxygen atoms in total. The molecule has 1 atom stereocenters. The number of nitrogens with one attached hydrogen (secondary N) is 1. The lowest BCUT2D eigenvalue weighted by Gasteiger charge is -2.25. The average Bonchev–Trinajstić information content (AvgIpc) is 3.25. The second-order valence-electron chi connectivity index (χ2n) is 7.48. The van der Waals surface area contributed by atoms with Crippen LogP contribution in [0.1, 0.15) is 17.7 Å². The Bertz CT molecular complexity index is 1100. The van der Waals surface area contributed by atoms with Gasteiger partial charge in [-0.2, -0.15) is 0 Å². The lowest BCUT2D eigenvalue weighted by atomic mass is 9.81. The van der Waals surface area contributed by atoms with Crippen molar-refractivity contribution in [1.29, 1.82) is 0 Å². The van der Waals surface area contributed by atoms with Crippen molar-refractivity contribution >= 4 is 28.2 Å². The number of benzene rings is 2. The molecule has 1 saturated heterocycles. The van der Waals surface area contributed by atoms with Gasteiger partial charge < -0.3 is 15.0 Å². The Kier molecular flexibility index (Phi) is 3.84. The van der Waals surface area contributed by atoms with Crippen LogP contribution < -0.4 is 10.2 Å². The van der Waals surface area contributed by atoms with Crippen molar-refractivity contribution in [2.75, 3.05) is 30.4 Å². The molecule has 0 bridgehead atoms. The van der Waals surface area contributed by atoms with Crippen LogP contribution in [0.15, 0.2) is 48.5 Å². The molecule has 0 radical (unpaired) electrons. The van der Waals surface area contributed by atoms with Crippen LogP contribution in [-0.2, 0) is 21.6 Å². The number of rotatable bonds is 3. The van der Waals surface area contributed by atoms with Gasteiger partial charge in [0, 0.05) is 37.0 Å². The van der Waals surface area contributed by atoms with Gasteiger partial charge in [0.15, 0.2) is 0 Å². The summed E-state index contributed by atoms with van der Waals surface area (Å²) in [6.07, 6.45) is 0.717. The first-order valence-corrected chi connectivity index (χ1v) is 9.35. The summed E-state index contributed by atoms with van der Waals surface area (Å²) in [6.45, 7) is 1.64. The largest absolute Gasteiger partial charge is 0.378 e. The first kappa shape index (κ1) is 17.1. The van der Waals surface area contributed by atoms with Gasteiger partial charge in [-0.15, -0.1) is 0 Å². The third-order valence-corrected chi connectivity index (χ3v) is 5.83. The van der Waals surface area contributed by atoms with Crippen molar-refractivity contribution in [1.82, 2.24) is 4.98 Å². The van der Waals surface area contributed by atoms with Crippen LogP contribution in [0.3, 0.4) is 0 Å². The van der Waals surface area contributed by atoms with Crippen molar-refractivity contribution < 1.29 is 13.9 Å². The second-order valence-corrected chi connectivity index (χ2v) is 7.48. The molecule has 1 fully saturated rings. The quantitative estimate of drug-likeness (QED) is 0.758. The maximum absolute atomic E-state index is 14.0. The van der Waals surface area contributed by atoms with Crippen molar-refractivity contribution in [3.05, 3.63) is 65.6 Å². The van der Waals surface area contributed by atoms with Crippen molar-refractivity contribution in [3.8, 4) is 0 Å². The Labute approximate surface area is 162 Å². The predicted molar refractivity (Wildman–Crippen MR) is 106 cm³/mol. The zero-order valence-corrected chi connectivity index (χ0v) is 15.5. The normalized spacial score (nSPS) is 20.8. The molecule has 3 heterocycles. The number of ether oxygens (including phenoxy) is 1. The number of para-hydroxylation sites is 1. The molecule has 142 valence electrons. The minimum atomic E-state index is -0.569. The third-order valence-electron chi connectivity index (χ3n) is 5.83. The highest BCUT2D eigenvalue weighted by Gasteiger charge is 2.51. The van der Waals surface area contributed by atoms with Gasteiger partial charge in [-0.25, -0.2) is 4.39 Å². The number of hydrogen-bond acceptors (Lipinski definition) is 4. The van der Waals surface area contributed by atoms with E-state index in [0.717, 1.165) is 33.5 Å². The van der Waals surface area contributed by atoms with Crippen molar-refractivity contribution in [2.24, 2.45) is 0 Å². The number of carbonyl (C=O) groups is 1. The van der Waals surface area contributed by atoms with Gasteiger partial charge in [-0.05, 0) is 42.3 Å². The highest BCUT2D eigenvalue weighted by atomic mass is 19.1. The summed E-state index contributed by atoms with van der Waals surface area (Å²) in [6, 6.07) is 14.4. The Morgan fingerprint density at radius 1 is 1.25 bits per heavy atom. The van der Waals surface area contributed by atoms with Crippen LogP contribution in [-0.4, -0.2) is 31.1 Å². The van der Waals surface area contributed by atoms with E-state index in [1.165, 1.54) is 12.1 Å². The van der Waals surface area contributed by atoms with Gasteiger partial charge in [0.1, 0.15) is 5.82 Å². The van der Waals surface area contributed by atoms with Crippen LogP contribution in [0.25, 0.3) is 10.9 Å². The zero-order chi connectivity index (χ0) is 19.3. The number of nitrogens with zero attached hydrogens (tertiary/aromatic N) is 2. The van der Waals surface area contributed by atoms with Gasteiger partial charge in [0.25, 0.3) is 0 Å². The molecule has 5 rings (SSSR count). The van der Waals surface area contributed by atoms with Crippen molar-refractivity contribution in [3.63, 3.8) is 0 Å². The number of aromatic nitrogens is 1. The monoisotopic (exact) mass is 377 g/mol. The average molecular weight is 377 g/mol. The van der Waals surface area contributed by atoms with E-state index >= 15 is 0 Å². The molecule has 6 heteroatoms. The van der Waals surface area contributed by atoms with E-state index in [1.54, 1.807) is 13.2 Å². The maximum Gasteiger partial charge on any atom is 0.236 e. The minimum Gasteiger partial charge on any atom is -0.378 e. The fraction of sp³-hybridized carbons (Fsp3) is 0.273. The summed E-state index contributed by atoms with van der Waals surface area (Å²) in [7, 11) is 1.63. The summed E-state index contributed by atoms with van der Waals surface area (Å²) in [5, 5.41) is 3.78. The molecular weight excluding hydrogens is 357 g/mol. The summed E-state index contributed by atoms with van der Waals surface area (Å²) in [5.41, 5.74) is 3.77. The molecule has 2 aliphatic heterocycles. The van der Waals surface area contributed by atoms with E-state index < -0.39 is 5.41 Å². The molecular formula is C22H20FN3O2. The minimum absolute atomic E-state index is 0.0397. The number of pyridine rings is 1. The van der Waals surface area contributed by atoms with Crippen LogP contribution >= 0.6 is 0 Å². The van der Waals surface area contributed by atoms with E-state index in [9.17, 15) is 9.18 Å². The lowest BCUT2D eigenvalue weighted by Crippen LogP contribution is -2.37. The van der Waals surface area contributed by atoms with E-state index in [4.69, 9.17) is 4.74 Å². The predicted octanol–water partition coefficient (Wildman–Crippen LogP) is 3.62. The van der Waals surface area contributed by atoms with Crippen LogP contribution in [0, 0.1) is 5.82 Å². The number of hydrogen-bond donors (Lipinski definition) is 1. The van der Waals surface area contributed by atoms with E-state index in [1.807, 2.05) is 30.3 Å². The highest BCUT2D eigenvalue weighted by Crippen LogP contribution is 2.46. The number of anilines is 2. The standard InChI is InChI=1S/C22H20FN3O2/c1-28-12-15-11-20(16-10-14(23)6-7-18(16)24-15)26-9-8-22(13-26)17-4-2-3-5-19(17)25-21(22)27/h2-7,10-11H,8-9,12-13H2,1H3,(H,25,27). The van der Waals surface area contributed by atoms with Crippen LogP contribution in [0.4, 0.5) is 15.8 Å². The molecule has 0 aliphatic carbocycles. The van der Waals surface area contributed by atoms with Gasteiger partial charge in [-0.1, -0.05) is 18.2 Å². The molecule has 2 aliphatic rings. The third kappa shape index (κ3) is 2.48. The van der Waals surface area contributed by atoms with Crippen LogP contribution in [0.5, 0.6) is 0 Å². The van der Waals surface area contributed by atoms with Gasteiger partial charge in [0.2, 0.25) is 5.91 Å². The summed E-state index contributed by atoms with van der Waals surface area (Å²) in [4.78, 5) is 19.6. The summed E-state index contributed by atoms with van der Waals surface area (Å²) in [5.74, 6) is -0.259. The lowest BCUT2D eigenvalue weighted by molar-refractivity contribution is -0.120. The van der Waals surface area contributed by atoms with Crippen LogP contribution in [0.2, 0.25) is 0 Å². The molecule has 2 aromatic carbocycles. The molecule has 1 unspecified atom stereocenters. The van der Waals surface area contributed by atoms with Gasteiger partial charge in [0.05, 0.1) is 23.2 Å². The molecule has 0 saturated carbocycles. The van der Waals surface area contributed by atoms with Crippen molar-refractivity contribution in [2.45, 2.75) is 18.4 Å². The Morgan fingerprint density at radius 2 is 2.11 bits per heavy atom. The highest BCUT2D eigenvalue weighted by molar-refractivity contribution is 6.07. The number of halogens is 1. The fourth-order valence-electron chi connectivity index (χ4n) is 4.51. The first-order valence-electron chi connectivity index (χ1n) is 9.35. The zero-order valence-electron chi connectivity index (χ0n) is 15.5.